The van der Waals surface area contributed by atoms with Gasteiger partial charge in [-0.05, 0) is 24.1 Å². The Balaban J connectivity index is 1.83. The highest BCUT2D eigenvalue weighted by Gasteiger charge is 2.26. The van der Waals surface area contributed by atoms with Crippen LogP contribution in [0, 0.1) is 6.92 Å². The summed E-state index contributed by atoms with van der Waals surface area (Å²) < 4.78 is 11.3. The third-order valence-electron chi connectivity index (χ3n) is 3.96. The van der Waals surface area contributed by atoms with Crippen molar-refractivity contribution in [2.45, 2.75) is 32.1 Å². The number of methoxy groups -OCH3 is 1. The summed E-state index contributed by atoms with van der Waals surface area (Å²) >= 11 is 0. The number of nitrogens with two attached hydrogens (primary N) is 1. The second-order valence-corrected chi connectivity index (χ2v) is 5.66. The van der Waals surface area contributed by atoms with Crippen LogP contribution in [0.4, 0.5) is 0 Å². The quantitative estimate of drug-likeness (QED) is 0.934. The first kappa shape index (κ1) is 14.1. The lowest BCUT2D eigenvalue weighted by Gasteiger charge is -2.31. The maximum atomic E-state index is 6.32. The number of fused-ring (bicyclic) bond motifs is 1. The van der Waals surface area contributed by atoms with Crippen LogP contribution in [0.15, 0.2) is 42.5 Å². The van der Waals surface area contributed by atoms with Crippen molar-refractivity contribution < 1.29 is 9.47 Å². The highest BCUT2D eigenvalue weighted by atomic mass is 16.5. The lowest BCUT2D eigenvalue weighted by atomic mass is 9.92. The number of benzene rings is 2. The van der Waals surface area contributed by atoms with E-state index in [1.165, 1.54) is 5.56 Å². The van der Waals surface area contributed by atoms with E-state index in [1.807, 2.05) is 6.07 Å². The average Bonchev–Trinajstić information content (AvgIpc) is 2.49. The normalized spacial score (nSPS) is 20.7. The molecule has 0 amide bonds. The van der Waals surface area contributed by atoms with Crippen LogP contribution in [-0.2, 0) is 11.3 Å². The molecular formula is C18H21NO2. The van der Waals surface area contributed by atoms with Gasteiger partial charge < -0.3 is 15.2 Å². The fourth-order valence-corrected chi connectivity index (χ4v) is 2.82. The lowest BCUT2D eigenvalue weighted by molar-refractivity contribution is 0.161. The minimum Gasteiger partial charge on any atom is -0.485 e. The first-order chi connectivity index (χ1) is 10.2. The average molecular weight is 283 g/mol. The van der Waals surface area contributed by atoms with E-state index in [1.54, 1.807) is 7.11 Å². The molecule has 0 aliphatic carbocycles. The molecule has 0 radical (unpaired) electrons. The standard InChI is InChI=1S/C18H21NO2/c1-12-3-8-17-15(9-12)16(19)10-18(21-17)14-6-4-13(5-7-14)11-20-2/h3-9,16,18H,10-11,19H2,1-2H3/t16-,18?/m0/s1. The first-order valence-corrected chi connectivity index (χ1v) is 7.28. The number of aryl methyl sites for hydroxylation is 1. The zero-order valence-electron chi connectivity index (χ0n) is 12.5. The van der Waals surface area contributed by atoms with Crippen molar-refractivity contribution in [2.75, 3.05) is 7.11 Å². The van der Waals surface area contributed by atoms with Crippen molar-refractivity contribution in [3.63, 3.8) is 0 Å². The molecular weight excluding hydrogens is 262 g/mol. The molecule has 2 aromatic carbocycles. The second kappa shape index (κ2) is 5.88. The minimum atomic E-state index is 0.0202. The van der Waals surface area contributed by atoms with Gasteiger partial charge in [-0.15, -0.1) is 0 Å². The molecule has 0 saturated carbocycles. The fourth-order valence-electron chi connectivity index (χ4n) is 2.82. The van der Waals surface area contributed by atoms with Crippen molar-refractivity contribution in [1.82, 2.24) is 0 Å². The largest absolute Gasteiger partial charge is 0.485 e. The number of hydrogen-bond donors (Lipinski definition) is 1. The van der Waals surface area contributed by atoms with E-state index in [0.717, 1.165) is 28.9 Å². The number of rotatable bonds is 3. The summed E-state index contributed by atoms with van der Waals surface area (Å²) in [4.78, 5) is 0. The molecule has 1 unspecified atom stereocenters. The van der Waals surface area contributed by atoms with Crippen LogP contribution < -0.4 is 10.5 Å². The van der Waals surface area contributed by atoms with E-state index in [4.69, 9.17) is 15.2 Å². The monoisotopic (exact) mass is 283 g/mol. The summed E-state index contributed by atoms with van der Waals surface area (Å²) in [6, 6.07) is 14.6. The number of hydrogen-bond acceptors (Lipinski definition) is 3. The molecule has 2 aromatic rings. The molecule has 1 aliphatic heterocycles. The van der Waals surface area contributed by atoms with Crippen LogP contribution >= 0.6 is 0 Å². The Morgan fingerprint density at radius 3 is 2.67 bits per heavy atom. The maximum Gasteiger partial charge on any atom is 0.126 e. The third kappa shape index (κ3) is 2.94. The molecule has 2 atom stereocenters. The molecule has 3 heteroatoms. The van der Waals surface area contributed by atoms with Gasteiger partial charge in [0.15, 0.2) is 0 Å². The van der Waals surface area contributed by atoms with Gasteiger partial charge in [0.25, 0.3) is 0 Å². The number of ether oxygens (including phenoxy) is 2. The minimum absolute atomic E-state index is 0.0202. The summed E-state index contributed by atoms with van der Waals surface area (Å²) in [5, 5.41) is 0. The fraction of sp³-hybridized carbons (Fsp3) is 0.333. The molecule has 1 aliphatic rings. The predicted octanol–water partition coefficient (Wildman–Crippen LogP) is 3.67. The molecule has 0 spiro atoms. The molecule has 3 rings (SSSR count). The predicted molar refractivity (Wildman–Crippen MR) is 83.2 cm³/mol. The van der Waals surface area contributed by atoms with Crippen molar-refractivity contribution in [2.24, 2.45) is 5.73 Å². The molecule has 0 fully saturated rings. The molecule has 110 valence electrons. The van der Waals surface area contributed by atoms with Gasteiger partial charge in [0, 0.05) is 25.1 Å². The third-order valence-corrected chi connectivity index (χ3v) is 3.96. The van der Waals surface area contributed by atoms with Crippen LogP contribution in [0.5, 0.6) is 5.75 Å². The Hall–Kier alpha value is -1.84. The molecule has 0 bridgehead atoms. The molecule has 3 nitrogen and oxygen atoms in total. The summed E-state index contributed by atoms with van der Waals surface area (Å²) in [7, 11) is 1.70. The lowest BCUT2D eigenvalue weighted by Crippen LogP contribution is -2.24. The van der Waals surface area contributed by atoms with E-state index in [-0.39, 0.29) is 12.1 Å². The van der Waals surface area contributed by atoms with E-state index >= 15 is 0 Å². The maximum absolute atomic E-state index is 6.32. The van der Waals surface area contributed by atoms with E-state index in [2.05, 4.69) is 43.3 Å². The Bertz CT molecular complexity index is 622. The van der Waals surface area contributed by atoms with Gasteiger partial charge in [-0.25, -0.2) is 0 Å². The Morgan fingerprint density at radius 1 is 1.19 bits per heavy atom. The zero-order valence-corrected chi connectivity index (χ0v) is 12.5. The molecule has 21 heavy (non-hydrogen) atoms. The highest BCUT2D eigenvalue weighted by Crippen LogP contribution is 2.39. The van der Waals surface area contributed by atoms with Crippen molar-refractivity contribution in [3.05, 3.63) is 64.7 Å². The Labute approximate surface area is 125 Å². The molecule has 0 saturated heterocycles. The SMILES string of the molecule is COCc1ccc(C2C[C@H](N)c3cc(C)ccc3O2)cc1. The van der Waals surface area contributed by atoms with Crippen LogP contribution in [0.3, 0.4) is 0 Å². The molecule has 2 N–H and O–H groups in total. The van der Waals surface area contributed by atoms with Crippen LogP contribution in [-0.4, -0.2) is 7.11 Å². The van der Waals surface area contributed by atoms with Gasteiger partial charge in [0.05, 0.1) is 6.61 Å². The van der Waals surface area contributed by atoms with Gasteiger partial charge in [-0.1, -0.05) is 42.0 Å². The Kier molecular flexibility index (Phi) is 3.95. The van der Waals surface area contributed by atoms with Gasteiger partial charge in [-0.3, -0.25) is 0 Å². The van der Waals surface area contributed by atoms with E-state index in [0.29, 0.717) is 6.61 Å². The van der Waals surface area contributed by atoms with E-state index in [9.17, 15) is 0 Å². The van der Waals surface area contributed by atoms with Crippen molar-refractivity contribution in [3.8, 4) is 5.75 Å². The Morgan fingerprint density at radius 2 is 1.95 bits per heavy atom. The summed E-state index contributed by atoms with van der Waals surface area (Å²) in [6.45, 7) is 2.71. The van der Waals surface area contributed by atoms with E-state index < -0.39 is 0 Å². The van der Waals surface area contributed by atoms with Crippen LogP contribution in [0.25, 0.3) is 0 Å². The summed E-state index contributed by atoms with van der Waals surface area (Å²) in [6.07, 6.45) is 0.826. The van der Waals surface area contributed by atoms with Crippen LogP contribution in [0.1, 0.15) is 40.8 Å². The zero-order chi connectivity index (χ0) is 14.8. The van der Waals surface area contributed by atoms with Gasteiger partial charge in [0.1, 0.15) is 11.9 Å². The van der Waals surface area contributed by atoms with Gasteiger partial charge >= 0.3 is 0 Å². The van der Waals surface area contributed by atoms with Crippen LogP contribution in [0.2, 0.25) is 0 Å². The highest BCUT2D eigenvalue weighted by molar-refractivity contribution is 5.41. The summed E-state index contributed by atoms with van der Waals surface area (Å²) in [5.41, 5.74) is 11.0. The van der Waals surface area contributed by atoms with Gasteiger partial charge in [-0.2, -0.15) is 0 Å². The van der Waals surface area contributed by atoms with Crippen molar-refractivity contribution in [1.29, 1.82) is 0 Å². The van der Waals surface area contributed by atoms with Gasteiger partial charge in [0.2, 0.25) is 0 Å². The summed E-state index contributed by atoms with van der Waals surface area (Å²) in [5.74, 6) is 0.908. The first-order valence-electron chi connectivity index (χ1n) is 7.28. The molecule has 0 aromatic heterocycles. The van der Waals surface area contributed by atoms with Crippen molar-refractivity contribution >= 4 is 0 Å². The topological polar surface area (TPSA) is 44.5 Å². The molecule has 1 heterocycles. The smallest absolute Gasteiger partial charge is 0.126 e. The second-order valence-electron chi connectivity index (χ2n) is 5.66.